The molecule has 0 nitrogen and oxygen atoms in total. The average molecular weight is 145 g/mol. The van der Waals surface area contributed by atoms with Crippen LogP contribution >= 0.6 is 11.6 Å². The van der Waals surface area contributed by atoms with Crippen LogP contribution < -0.4 is 0 Å². The summed E-state index contributed by atoms with van der Waals surface area (Å²) in [5.74, 6) is 0.812. The molecule has 2 unspecified atom stereocenters. The van der Waals surface area contributed by atoms with Crippen molar-refractivity contribution in [2.24, 2.45) is 5.92 Å². The minimum absolute atomic E-state index is 0.265. The topological polar surface area (TPSA) is 0 Å². The second kappa shape index (κ2) is 2.74. The summed E-state index contributed by atoms with van der Waals surface area (Å²) in [5.41, 5.74) is 1.23. The van der Waals surface area contributed by atoms with Crippen LogP contribution in [0.25, 0.3) is 0 Å². The third kappa shape index (κ3) is 1.72. The third-order valence-corrected chi connectivity index (χ3v) is 2.49. The van der Waals surface area contributed by atoms with Crippen molar-refractivity contribution >= 4 is 11.6 Å². The molecule has 0 aromatic heterocycles. The summed E-state index contributed by atoms with van der Waals surface area (Å²) in [6.07, 6.45) is 3.53. The van der Waals surface area contributed by atoms with E-state index in [-0.39, 0.29) is 5.38 Å². The molecule has 0 radical (unpaired) electrons. The Balaban J connectivity index is 2.44. The standard InChI is InChI=1S/C8H13Cl/c1-6-3-4-8(9)7(2)5-6/h6,8H,2-5H2,1H3. The van der Waals surface area contributed by atoms with Crippen molar-refractivity contribution in [1.82, 2.24) is 0 Å². The second-order valence-corrected chi connectivity index (χ2v) is 3.54. The average Bonchev–Trinajstić information content (AvgIpc) is 1.80. The summed E-state index contributed by atoms with van der Waals surface area (Å²) in [6, 6.07) is 0. The van der Waals surface area contributed by atoms with Crippen LogP contribution in [0.2, 0.25) is 0 Å². The van der Waals surface area contributed by atoms with Gasteiger partial charge in [-0.15, -0.1) is 11.6 Å². The fourth-order valence-electron chi connectivity index (χ4n) is 1.31. The van der Waals surface area contributed by atoms with Gasteiger partial charge in [0.2, 0.25) is 0 Å². The van der Waals surface area contributed by atoms with E-state index < -0.39 is 0 Å². The van der Waals surface area contributed by atoms with Crippen molar-refractivity contribution < 1.29 is 0 Å². The van der Waals surface area contributed by atoms with Crippen molar-refractivity contribution in [2.75, 3.05) is 0 Å². The summed E-state index contributed by atoms with van der Waals surface area (Å²) < 4.78 is 0. The molecule has 1 rings (SSSR count). The molecule has 0 bridgehead atoms. The highest BCUT2D eigenvalue weighted by Crippen LogP contribution is 2.30. The van der Waals surface area contributed by atoms with Crippen LogP contribution in [0.1, 0.15) is 26.2 Å². The summed E-state index contributed by atoms with van der Waals surface area (Å²) in [4.78, 5) is 0. The van der Waals surface area contributed by atoms with Gasteiger partial charge in [-0.1, -0.05) is 19.1 Å². The Kier molecular flexibility index (Phi) is 2.18. The van der Waals surface area contributed by atoms with Crippen LogP contribution in [0, 0.1) is 5.92 Å². The molecular formula is C8H13Cl. The van der Waals surface area contributed by atoms with Crippen LogP contribution in [0.15, 0.2) is 12.2 Å². The van der Waals surface area contributed by atoms with Crippen LogP contribution in [0.4, 0.5) is 0 Å². The molecule has 0 heterocycles. The predicted octanol–water partition coefficient (Wildman–Crippen LogP) is 2.97. The Hall–Kier alpha value is 0.0300. The van der Waals surface area contributed by atoms with Crippen molar-refractivity contribution in [3.05, 3.63) is 12.2 Å². The van der Waals surface area contributed by atoms with E-state index in [9.17, 15) is 0 Å². The molecule has 1 fully saturated rings. The van der Waals surface area contributed by atoms with Crippen molar-refractivity contribution in [1.29, 1.82) is 0 Å². The minimum Gasteiger partial charge on any atom is -0.118 e. The molecule has 1 saturated carbocycles. The lowest BCUT2D eigenvalue weighted by Crippen LogP contribution is -2.14. The van der Waals surface area contributed by atoms with E-state index in [2.05, 4.69) is 13.5 Å². The largest absolute Gasteiger partial charge is 0.118 e. The molecule has 2 atom stereocenters. The Morgan fingerprint density at radius 3 is 2.67 bits per heavy atom. The summed E-state index contributed by atoms with van der Waals surface area (Å²) in [7, 11) is 0. The predicted molar refractivity (Wildman–Crippen MR) is 41.8 cm³/mol. The second-order valence-electron chi connectivity index (χ2n) is 3.01. The Labute approximate surface area is 61.9 Å². The highest BCUT2D eigenvalue weighted by molar-refractivity contribution is 6.22. The summed E-state index contributed by atoms with van der Waals surface area (Å²) in [6.45, 7) is 6.17. The number of rotatable bonds is 0. The first-order valence-electron chi connectivity index (χ1n) is 3.52. The van der Waals surface area contributed by atoms with E-state index in [1.165, 1.54) is 12.0 Å². The number of hydrogen-bond acceptors (Lipinski definition) is 0. The molecule has 52 valence electrons. The molecule has 0 saturated heterocycles. The number of hydrogen-bond donors (Lipinski definition) is 0. The van der Waals surface area contributed by atoms with E-state index in [4.69, 9.17) is 11.6 Å². The molecule has 0 spiro atoms. The molecule has 1 heteroatoms. The van der Waals surface area contributed by atoms with Crippen LogP contribution in [-0.4, -0.2) is 5.38 Å². The first-order valence-corrected chi connectivity index (χ1v) is 3.95. The van der Waals surface area contributed by atoms with Gasteiger partial charge < -0.3 is 0 Å². The van der Waals surface area contributed by atoms with Crippen LogP contribution in [-0.2, 0) is 0 Å². The maximum absolute atomic E-state index is 5.93. The lowest BCUT2D eigenvalue weighted by molar-refractivity contribution is 0.457. The van der Waals surface area contributed by atoms with Gasteiger partial charge in [-0.25, -0.2) is 0 Å². The van der Waals surface area contributed by atoms with Gasteiger partial charge in [0, 0.05) is 0 Å². The van der Waals surface area contributed by atoms with E-state index in [1.54, 1.807) is 0 Å². The highest BCUT2D eigenvalue weighted by atomic mass is 35.5. The zero-order valence-corrected chi connectivity index (χ0v) is 6.62. The summed E-state index contributed by atoms with van der Waals surface area (Å²) in [5, 5.41) is 0.265. The highest BCUT2D eigenvalue weighted by Gasteiger charge is 2.18. The molecule has 0 amide bonds. The van der Waals surface area contributed by atoms with Gasteiger partial charge in [0.05, 0.1) is 5.38 Å². The number of halogens is 1. The first-order chi connectivity index (χ1) is 4.20. The molecule has 0 aromatic carbocycles. The van der Waals surface area contributed by atoms with E-state index in [1.807, 2.05) is 0 Å². The molecule has 1 aliphatic carbocycles. The molecule has 0 aliphatic heterocycles. The lowest BCUT2D eigenvalue weighted by Gasteiger charge is -2.23. The smallest absolute Gasteiger partial charge is 0.0542 e. The zero-order valence-electron chi connectivity index (χ0n) is 5.86. The van der Waals surface area contributed by atoms with Crippen molar-refractivity contribution in [3.63, 3.8) is 0 Å². The fourth-order valence-corrected chi connectivity index (χ4v) is 1.53. The van der Waals surface area contributed by atoms with Gasteiger partial charge in [-0.05, 0) is 25.2 Å². The molecule has 9 heavy (non-hydrogen) atoms. The van der Waals surface area contributed by atoms with Gasteiger partial charge in [-0.3, -0.25) is 0 Å². The van der Waals surface area contributed by atoms with Gasteiger partial charge in [-0.2, -0.15) is 0 Å². The monoisotopic (exact) mass is 144 g/mol. The Morgan fingerprint density at radius 2 is 2.22 bits per heavy atom. The minimum atomic E-state index is 0.265. The molecular weight excluding hydrogens is 132 g/mol. The SMILES string of the molecule is C=C1CC(C)CCC1Cl. The van der Waals surface area contributed by atoms with Gasteiger partial charge in [0.1, 0.15) is 0 Å². The van der Waals surface area contributed by atoms with E-state index in [0.29, 0.717) is 0 Å². The van der Waals surface area contributed by atoms with E-state index in [0.717, 1.165) is 18.8 Å². The van der Waals surface area contributed by atoms with Crippen molar-refractivity contribution in [3.8, 4) is 0 Å². The lowest BCUT2D eigenvalue weighted by atomic mass is 9.87. The molecule has 0 N–H and O–H groups in total. The van der Waals surface area contributed by atoms with Crippen LogP contribution in [0.3, 0.4) is 0 Å². The number of alkyl halides is 1. The van der Waals surface area contributed by atoms with E-state index >= 15 is 0 Å². The number of allylic oxidation sites excluding steroid dienone is 1. The maximum Gasteiger partial charge on any atom is 0.0542 e. The Bertz CT molecular complexity index is 118. The Morgan fingerprint density at radius 1 is 1.56 bits per heavy atom. The zero-order chi connectivity index (χ0) is 6.85. The van der Waals surface area contributed by atoms with Crippen molar-refractivity contribution in [2.45, 2.75) is 31.6 Å². The first kappa shape index (κ1) is 7.14. The van der Waals surface area contributed by atoms with Crippen LogP contribution in [0.5, 0.6) is 0 Å². The molecule has 0 aromatic rings. The quantitative estimate of drug-likeness (QED) is 0.362. The van der Waals surface area contributed by atoms with Gasteiger partial charge in [0.25, 0.3) is 0 Å². The van der Waals surface area contributed by atoms with Gasteiger partial charge in [0.15, 0.2) is 0 Å². The third-order valence-electron chi connectivity index (χ3n) is 1.97. The molecule has 1 aliphatic rings. The fraction of sp³-hybridized carbons (Fsp3) is 0.750. The summed E-state index contributed by atoms with van der Waals surface area (Å²) >= 11 is 5.93. The maximum atomic E-state index is 5.93. The van der Waals surface area contributed by atoms with Gasteiger partial charge >= 0.3 is 0 Å². The normalized spacial score (nSPS) is 36.9.